The summed E-state index contributed by atoms with van der Waals surface area (Å²) in [5, 5.41) is 0. The molecule has 7 heteroatoms. The second-order valence-corrected chi connectivity index (χ2v) is 8.77. The zero-order valence-corrected chi connectivity index (χ0v) is 16.5. The van der Waals surface area contributed by atoms with Gasteiger partial charge in [-0.25, -0.2) is 4.39 Å². The van der Waals surface area contributed by atoms with Gasteiger partial charge in [0.1, 0.15) is 5.75 Å². The van der Waals surface area contributed by atoms with E-state index in [-0.39, 0.29) is 0 Å². The fourth-order valence-electron chi connectivity index (χ4n) is 4.89. The van der Waals surface area contributed by atoms with Crippen LogP contribution in [0.3, 0.4) is 0 Å². The molecule has 0 amide bonds. The van der Waals surface area contributed by atoms with Gasteiger partial charge in [0, 0.05) is 0 Å². The van der Waals surface area contributed by atoms with Gasteiger partial charge in [-0.15, -0.1) is 0 Å². The molecule has 2 aliphatic rings. The van der Waals surface area contributed by atoms with E-state index in [1.54, 1.807) is 12.1 Å². The van der Waals surface area contributed by atoms with E-state index in [4.69, 9.17) is 0 Å². The molecule has 1 aromatic carbocycles. The highest BCUT2D eigenvalue weighted by atomic mass is 19.4. The van der Waals surface area contributed by atoms with Crippen LogP contribution in [0.15, 0.2) is 24.3 Å². The first-order valence-corrected chi connectivity index (χ1v) is 10.4. The van der Waals surface area contributed by atoms with Crippen molar-refractivity contribution in [1.82, 2.24) is 0 Å². The van der Waals surface area contributed by atoms with E-state index < -0.39 is 24.2 Å². The lowest BCUT2D eigenvalue weighted by molar-refractivity contribution is -0.304. The monoisotopic (exact) mass is 422 g/mol. The van der Waals surface area contributed by atoms with Crippen LogP contribution in [0, 0.1) is 17.8 Å². The van der Waals surface area contributed by atoms with E-state index in [2.05, 4.69) is 11.7 Å². The highest BCUT2D eigenvalue weighted by Gasteiger charge is 2.59. The van der Waals surface area contributed by atoms with Gasteiger partial charge in [0.05, 0.1) is 0 Å². The third-order valence-electron chi connectivity index (χ3n) is 6.69. The Labute approximate surface area is 167 Å². The minimum Gasteiger partial charge on any atom is -0.430 e. The lowest BCUT2D eigenvalue weighted by Gasteiger charge is -2.37. The lowest BCUT2D eigenvalue weighted by Crippen LogP contribution is -2.45. The highest BCUT2D eigenvalue weighted by Crippen LogP contribution is 2.44. The SMILES string of the molecule is CC1CCC(C2CCC(c3ccc(OC(F)(F)C(F)C(F)(F)F)cc3)CC2)CC1. The Hall–Kier alpha value is -1.40. The molecule has 0 N–H and O–H groups in total. The van der Waals surface area contributed by atoms with Gasteiger partial charge < -0.3 is 4.74 Å². The number of rotatable bonds is 5. The minimum atomic E-state index is -5.68. The van der Waals surface area contributed by atoms with E-state index >= 15 is 0 Å². The summed E-state index contributed by atoms with van der Waals surface area (Å²) in [6, 6.07) is 5.58. The van der Waals surface area contributed by atoms with Crippen LogP contribution in [-0.4, -0.2) is 18.5 Å². The van der Waals surface area contributed by atoms with Crippen LogP contribution in [-0.2, 0) is 0 Å². The predicted octanol–water partition coefficient (Wildman–Crippen LogP) is 7.66. The van der Waals surface area contributed by atoms with Crippen LogP contribution in [0.5, 0.6) is 5.75 Å². The average molecular weight is 422 g/mol. The van der Waals surface area contributed by atoms with Gasteiger partial charge in [-0.2, -0.15) is 22.0 Å². The molecule has 0 bridgehead atoms. The molecule has 2 fully saturated rings. The Morgan fingerprint density at radius 1 is 0.793 bits per heavy atom. The first kappa shape index (κ1) is 22.3. The molecule has 3 rings (SSSR count). The molecule has 1 atom stereocenters. The summed E-state index contributed by atoms with van der Waals surface area (Å²) < 4.78 is 80.3. The van der Waals surface area contributed by atoms with E-state index in [0.29, 0.717) is 5.92 Å². The summed E-state index contributed by atoms with van der Waals surface area (Å²) in [6.45, 7) is 2.31. The number of benzene rings is 1. The maximum Gasteiger partial charge on any atom is 0.439 e. The van der Waals surface area contributed by atoms with Crippen molar-refractivity contribution in [3.05, 3.63) is 29.8 Å². The summed E-state index contributed by atoms with van der Waals surface area (Å²) in [6.07, 6.45) is -5.43. The van der Waals surface area contributed by atoms with Gasteiger partial charge >= 0.3 is 12.3 Å². The van der Waals surface area contributed by atoms with Crippen molar-refractivity contribution in [2.45, 2.75) is 82.7 Å². The van der Waals surface area contributed by atoms with Crippen molar-refractivity contribution in [2.75, 3.05) is 0 Å². The smallest absolute Gasteiger partial charge is 0.430 e. The summed E-state index contributed by atoms with van der Waals surface area (Å²) in [4.78, 5) is 0. The summed E-state index contributed by atoms with van der Waals surface area (Å²) in [7, 11) is 0. The summed E-state index contributed by atoms with van der Waals surface area (Å²) >= 11 is 0. The maximum absolute atomic E-state index is 13.4. The van der Waals surface area contributed by atoms with Crippen molar-refractivity contribution >= 4 is 0 Å². The molecule has 0 heterocycles. The first-order chi connectivity index (χ1) is 13.6. The largest absolute Gasteiger partial charge is 0.439 e. The molecule has 0 aliphatic heterocycles. The third kappa shape index (κ3) is 5.60. The topological polar surface area (TPSA) is 9.23 Å². The van der Waals surface area contributed by atoms with Gasteiger partial charge in [0.25, 0.3) is 6.17 Å². The second-order valence-electron chi connectivity index (χ2n) is 8.77. The number of hydrogen-bond donors (Lipinski definition) is 0. The molecular weight excluding hydrogens is 394 g/mol. The molecule has 1 aromatic rings. The van der Waals surface area contributed by atoms with Crippen LogP contribution in [0.1, 0.15) is 69.8 Å². The Morgan fingerprint density at radius 2 is 1.28 bits per heavy atom. The van der Waals surface area contributed by atoms with Crippen molar-refractivity contribution < 1.29 is 31.1 Å². The molecule has 2 saturated carbocycles. The normalized spacial score (nSPS) is 30.0. The third-order valence-corrected chi connectivity index (χ3v) is 6.69. The zero-order valence-electron chi connectivity index (χ0n) is 16.5. The molecule has 1 unspecified atom stereocenters. The van der Waals surface area contributed by atoms with Crippen molar-refractivity contribution in [1.29, 1.82) is 0 Å². The summed E-state index contributed by atoms with van der Waals surface area (Å²) in [5.41, 5.74) is 0.962. The molecule has 0 spiro atoms. The van der Waals surface area contributed by atoms with Crippen LogP contribution in [0.25, 0.3) is 0 Å². The quantitative estimate of drug-likeness (QED) is 0.443. The Balaban J connectivity index is 1.53. The maximum atomic E-state index is 13.4. The minimum absolute atomic E-state index is 0.312. The van der Waals surface area contributed by atoms with E-state index in [9.17, 15) is 26.3 Å². The van der Waals surface area contributed by atoms with E-state index in [1.807, 2.05) is 0 Å². The summed E-state index contributed by atoms with van der Waals surface area (Å²) in [5.74, 6) is 2.24. The van der Waals surface area contributed by atoms with Crippen molar-refractivity contribution in [3.8, 4) is 5.75 Å². The molecule has 2 aliphatic carbocycles. The lowest BCUT2D eigenvalue weighted by atomic mass is 9.68. The Kier molecular flexibility index (Phi) is 6.74. The van der Waals surface area contributed by atoms with Gasteiger partial charge in [-0.05, 0) is 79.9 Å². The fourth-order valence-corrected chi connectivity index (χ4v) is 4.89. The Morgan fingerprint density at radius 3 is 1.76 bits per heavy atom. The molecule has 0 radical (unpaired) electrons. The molecular formula is C22H28F6O. The molecule has 29 heavy (non-hydrogen) atoms. The Bertz CT molecular complexity index is 640. The molecule has 0 saturated heterocycles. The van der Waals surface area contributed by atoms with Gasteiger partial charge in [0.15, 0.2) is 0 Å². The highest BCUT2D eigenvalue weighted by molar-refractivity contribution is 5.30. The average Bonchev–Trinajstić information content (AvgIpc) is 2.68. The van der Waals surface area contributed by atoms with Crippen LogP contribution in [0.4, 0.5) is 26.3 Å². The second kappa shape index (κ2) is 8.76. The molecule has 1 nitrogen and oxygen atoms in total. The van der Waals surface area contributed by atoms with E-state index in [1.165, 1.54) is 37.8 Å². The molecule has 0 aromatic heterocycles. The van der Waals surface area contributed by atoms with Crippen molar-refractivity contribution in [2.24, 2.45) is 17.8 Å². The predicted molar refractivity (Wildman–Crippen MR) is 98.8 cm³/mol. The first-order valence-electron chi connectivity index (χ1n) is 10.4. The van der Waals surface area contributed by atoms with Crippen molar-refractivity contribution in [3.63, 3.8) is 0 Å². The van der Waals surface area contributed by atoms with Gasteiger partial charge in [-0.1, -0.05) is 31.9 Å². The number of ether oxygens (including phenoxy) is 1. The standard InChI is InChI=1S/C22H28F6O/c1-14-2-4-15(5-3-14)16-6-8-17(9-7-16)18-10-12-19(13-11-18)29-22(27,28)20(23)21(24,25)26/h10-17,20H,2-9H2,1H3. The van der Waals surface area contributed by atoms with Gasteiger partial charge in [-0.3, -0.25) is 0 Å². The van der Waals surface area contributed by atoms with Crippen LogP contribution < -0.4 is 4.74 Å². The van der Waals surface area contributed by atoms with Gasteiger partial charge in [0.2, 0.25) is 0 Å². The zero-order chi connectivity index (χ0) is 21.2. The number of alkyl halides is 6. The number of halogens is 6. The fraction of sp³-hybridized carbons (Fsp3) is 0.727. The number of hydrogen-bond acceptors (Lipinski definition) is 1. The van der Waals surface area contributed by atoms with Crippen LogP contribution in [0.2, 0.25) is 0 Å². The molecule has 164 valence electrons. The van der Waals surface area contributed by atoms with Crippen LogP contribution >= 0.6 is 0 Å². The van der Waals surface area contributed by atoms with E-state index in [0.717, 1.165) is 49.0 Å².